The first-order valence-electron chi connectivity index (χ1n) is 7.04. The van der Waals surface area contributed by atoms with Crippen molar-refractivity contribution in [3.05, 3.63) is 59.9 Å². The van der Waals surface area contributed by atoms with E-state index in [0.717, 1.165) is 11.4 Å². The fourth-order valence-corrected chi connectivity index (χ4v) is 2.06. The van der Waals surface area contributed by atoms with Crippen LogP contribution >= 0.6 is 0 Å². The number of hydrogen-bond acceptors (Lipinski definition) is 3. The summed E-state index contributed by atoms with van der Waals surface area (Å²) in [6.45, 7) is 4.51. The number of benzene rings is 1. The molecule has 1 aromatic heterocycles. The van der Waals surface area contributed by atoms with Gasteiger partial charge in [-0.15, -0.1) is 0 Å². The maximum atomic E-state index is 12.5. The topological polar surface area (TPSA) is 42.4 Å². The number of carbonyl (C=O) groups is 1. The molecule has 0 saturated heterocycles. The maximum absolute atomic E-state index is 12.5. The Kier molecular flexibility index (Phi) is 4.93. The monoisotopic (exact) mass is 284 g/mol. The third-order valence-corrected chi connectivity index (χ3v) is 3.43. The van der Waals surface area contributed by atoms with Gasteiger partial charge in [-0.3, -0.25) is 9.78 Å². The molecule has 21 heavy (non-hydrogen) atoms. The zero-order valence-corrected chi connectivity index (χ0v) is 12.6. The van der Waals surface area contributed by atoms with E-state index in [0.29, 0.717) is 12.2 Å². The van der Waals surface area contributed by atoms with Gasteiger partial charge in [-0.2, -0.15) is 0 Å². The van der Waals surface area contributed by atoms with Gasteiger partial charge in [0.2, 0.25) is 0 Å². The van der Waals surface area contributed by atoms with E-state index >= 15 is 0 Å². The van der Waals surface area contributed by atoms with E-state index in [1.165, 1.54) is 0 Å². The average molecular weight is 284 g/mol. The van der Waals surface area contributed by atoms with Gasteiger partial charge in [0.25, 0.3) is 5.91 Å². The molecule has 1 amide bonds. The fourth-order valence-electron chi connectivity index (χ4n) is 2.06. The number of aromatic nitrogens is 1. The molecule has 0 saturated carbocycles. The Hall–Kier alpha value is -2.36. The predicted molar refractivity (Wildman–Crippen MR) is 82.4 cm³/mol. The molecule has 4 nitrogen and oxygen atoms in total. The largest absolute Gasteiger partial charge is 0.494 e. The highest BCUT2D eigenvalue weighted by molar-refractivity contribution is 5.94. The van der Waals surface area contributed by atoms with Crippen molar-refractivity contribution in [1.82, 2.24) is 9.88 Å². The first-order valence-corrected chi connectivity index (χ1v) is 7.04. The van der Waals surface area contributed by atoms with Gasteiger partial charge >= 0.3 is 0 Å². The Labute approximate surface area is 125 Å². The molecular weight excluding hydrogens is 264 g/mol. The normalized spacial score (nSPS) is 11.8. The fraction of sp³-hybridized carbons (Fsp3) is 0.294. The molecule has 0 fully saturated rings. The number of hydrogen-bond donors (Lipinski definition) is 0. The molecule has 1 heterocycles. The van der Waals surface area contributed by atoms with Gasteiger partial charge in [0.1, 0.15) is 5.75 Å². The Morgan fingerprint density at radius 3 is 2.52 bits per heavy atom. The minimum atomic E-state index is -0.0785. The van der Waals surface area contributed by atoms with E-state index < -0.39 is 0 Å². The van der Waals surface area contributed by atoms with Crippen LogP contribution in [0.15, 0.2) is 48.7 Å². The predicted octanol–water partition coefficient (Wildman–Crippen LogP) is 3.31. The van der Waals surface area contributed by atoms with Crippen molar-refractivity contribution in [2.75, 3.05) is 13.7 Å². The number of ether oxygens (including phenoxy) is 1. The molecular formula is C17H20N2O2. The molecule has 2 aromatic rings. The molecule has 0 spiro atoms. The van der Waals surface area contributed by atoms with Crippen LogP contribution in [0.3, 0.4) is 0 Å². The van der Waals surface area contributed by atoms with Crippen LogP contribution in [-0.2, 0) is 0 Å². The Morgan fingerprint density at radius 1 is 1.24 bits per heavy atom. The highest BCUT2D eigenvalue weighted by atomic mass is 16.5. The van der Waals surface area contributed by atoms with Crippen LogP contribution in [0.25, 0.3) is 0 Å². The second kappa shape index (κ2) is 6.88. The number of amides is 1. The molecule has 0 aliphatic heterocycles. The molecule has 4 heteroatoms. The maximum Gasteiger partial charge on any atom is 0.254 e. The lowest BCUT2D eigenvalue weighted by molar-refractivity contribution is 0.0740. The third-order valence-electron chi connectivity index (χ3n) is 3.43. The number of rotatable bonds is 5. The zero-order chi connectivity index (χ0) is 15.2. The lowest BCUT2D eigenvalue weighted by Gasteiger charge is -2.24. The van der Waals surface area contributed by atoms with Crippen LogP contribution in [0.5, 0.6) is 5.75 Å². The molecule has 0 aliphatic carbocycles. The van der Waals surface area contributed by atoms with E-state index in [-0.39, 0.29) is 11.9 Å². The van der Waals surface area contributed by atoms with E-state index in [1.807, 2.05) is 44.2 Å². The van der Waals surface area contributed by atoms with Gasteiger partial charge in [-0.1, -0.05) is 6.07 Å². The van der Waals surface area contributed by atoms with Crippen molar-refractivity contribution in [1.29, 1.82) is 0 Å². The number of carbonyl (C=O) groups excluding carboxylic acids is 1. The molecule has 110 valence electrons. The Morgan fingerprint density at radius 2 is 1.95 bits per heavy atom. The number of nitrogens with zero attached hydrogens (tertiary/aromatic N) is 2. The second-order valence-corrected chi connectivity index (χ2v) is 4.80. The molecule has 2 rings (SSSR count). The van der Waals surface area contributed by atoms with Crippen molar-refractivity contribution >= 4 is 5.91 Å². The van der Waals surface area contributed by atoms with Crippen LogP contribution in [0.1, 0.15) is 35.9 Å². The lowest BCUT2D eigenvalue weighted by atomic mass is 10.1. The van der Waals surface area contributed by atoms with Crippen molar-refractivity contribution in [3.8, 4) is 5.75 Å². The highest BCUT2D eigenvalue weighted by Crippen LogP contribution is 2.20. The Balaban J connectivity index is 2.11. The molecule has 1 aromatic carbocycles. The van der Waals surface area contributed by atoms with Crippen LogP contribution < -0.4 is 4.74 Å². The highest BCUT2D eigenvalue weighted by Gasteiger charge is 2.19. The standard InChI is InChI=1S/C17H20N2O2/c1-4-21-15-10-8-14(9-11-15)17(20)19(3)13(2)16-7-5-6-12-18-16/h5-13H,4H2,1-3H3/t13-/m1/s1. The van der Waals surface area contributed by atoms with Gasteiger partial charge in [0.15, 0.2) is 0 Å². The van der Waals surface area contributed by atoms with Crippen LogP contribution in [-0.4, -0.2) is 29.4 Å². The van der Waals surface area contributed by atoms with E-state index in [1.54, 1.807) is 30.3 Å². The van der Waals surface area contributed by atoms with Crippen molar-refractivity contribution in [3.63, 3.8) is 0 Å². The van der Waals surface area contributed by atoms with E-state index in [2.05, 4.69) is 4.98 Å². The summed E-state index contributed by atoms with van der Waals surface area (Å²) in [5.41, 5.74) is 1.52. The minimum absolute atomic E-state index is 0.0313. The SMILES string of the molecule is CCOc1ccc(C(=O)N(C)[C@H](C)c2ccccn2)cc1. The van der Waals surface area contributed by atoms with Gasteiger partial charge < -0.3 is 9.64 Å². The first-order chi connectivity index (χ1) is 10.1. The molecule has 0 radical (unpaired) electrons. The summed E-state index contributed by atoms with van der Waals surface area (Å²) in [5.74, 6) is 0.741. The second-order valence-electron chi connectivity index (χ2n) is 4.80. The molecule has 0 bridgehead atoms. The average Bonchev–Trinajstić information content (AvgIpc) is 2.54. The first kappa shape index (κ1) is 15.0. The summed E-state index contributed by atoms with van der Waals surface area (Å²) >= 11 is 0. The minimum Gasteiger partial charge on any atom is -0.494 e. The smallest absolute Gasteiger partial charge is 0.254 e. The molecule has 0 N–H and O–H groups in total. The van der Waals surface area contributed by atoms with Gasteiger partial charge in [0, 0.05) is 18.8 Å². The van der Waals surface area contributed by atoms with Gasteiger partial charge in [-0.25, -0.2) is 0 Å². The third kappa shape index (κ3) is 3.60. The van der Waals surface area contributed by atoms with E-state index in [9.17, 15) is 4.79 Å². The summed E-state index contributed by atoms with van der Waals surface area (Å²) in [6.07, 6.45) is 1.74. The Bertz CT molecular complexity index is 581. The van der Waals surface area contributed by atoms with E-state index in [4.69, 9.17) is 4.74 Å². The van der Waals surface area contributed by atoms with Crippen molar-refractivity contribution < 1.29 is 9.53 Å². The van der Waals surface area contributed by atoms with Gasteiger partial charge in [-0.05, 0) is 50.2 Å². The molecule has 0 unspecified atom stereocenters. The van der Waals surface area contributed by atoms with Crippen molar-refractivity contribution in [2.24, 2.45) is 0 Å². The van der Waals surface area contributed by atoms with Crippen LogP contribution in [0.4, 0.5) is 0 Å². The summed E-state index contributed by atoms with van der Waals surface area (Å²) in [4.78, 5) is 18.5. The summed E-state index contributed by atoms with van der Waals surface area (Å²) in [7, 11) is 1.79. The van der Waals surface area contributed by atoms with Crippen molar-refractivity contribution in [2.45, 2.75) is 19.9 Å². The van der Waals surface area contributed by atoms with Crippen LogP contribution in [0.2, 0.25) is 0 Å². The lowest BCUT2D eigenvalue weighted by Crippen LogP contribution is -2.30. The van der Waals surface area contributed by atoms with Crippen LogP contribution in [0, 0.1) is 0 Å². The quantitative estimate of drug-likeness (QED) is 0.846. The summed E-state index contributed by atoms with van der Waals surface area (Å²) < 4.78 is 5.38. The molecule has 0 aliphatic rings. The summed E-state index contributed by atoms with van der Waals surface area (Å²) in [6, 6.07) is 12.8. The zero-order valence-electron chi connectivity index (χ0n) is 12.6. The molecule has 1 atom stereocenters. The summed E-state index contributed by atoms with van der Waals surface area (Å²) in [5, 5.41) is 0. The number of pyridine rings is 1. The van der Waals surface area contributed by atoms with Gasteiger partial charge in [0.05, 0.1) is 18.3 Å².